The fourth-order valence-corrected chi connectivity index (χ4v) is 3.61. The fourth-order valence-electron chi connectivity index (χ4n) is 3.61. The third-order valence-electron chi connectivity index (χ3n) is 5.48. The lowest BCUT2D eigenvalue weighted by Gasteiger charge is -2.34. The van der Waals surface area contributed by atoms with Crippen LogP contribution in [0.4, 0.5) is 5.82 Å². The standard InChI is InChI=1S/C23H33N5.HI/c1-17-8-10-20(11-9-17)18(2)16-25-23(24-4)27-21-12-14-28(15-13-21)22-7-5-6-19(3)26-22;/h5-11,18,21H,12-16H2,1-4H3,(H2,24,25,27);1H. The molecule has 1 aliphatic rings. The van der Waals surface area contributed by atoms with Crippen molar-refractivity contribution in [1.29, 1.82) is 0 Å². The number of guanidine groups is 1. The molecule has 1 aromatic heterocycles. The predicted molar refractivity (Wildman–Crippen MR) is 134 cm³/mol. The molecule has 1 saturated heterocycles. The predicted octanol–water partition coefficient (Wildman–Crippen LogP) is 4.25. The van der Waals surface area contributed by atoms with E-state index in [1.807, 2.05) is 20.0 Å². The first-order valence-electron chi connectivity index (χ1n) is 10.3. The molecule has 0 radical (unpaired) electrons. The van der Waals surface area contributed by atoms with E-state index in [-0.39, 0.29) is 24.0 Å². The Labute approximate surface area is 192 Å². The monoisotopic (exact) mass is 507 g/mol. The van der Waals surface area contributed by atoms with Gasteiger partial charge in [0.05, 0.1) is 0 Å². The molecule has 0 amide bonds. The molecule has 0 spiro atoms. The highest BCUT2D eigenvalue weighted by Crippen LogP contribution is 2.18. The van der Waals surface area contributed by atoms with Gasteiger partial charge in [0.1, 0.15) is 5.82 Å². The second-order valence-electron chi connectivity index (χ2n) is 7.81. The number of hydrogen-bond acceptors (Lipinski definition) is 3. The van der Waals surface area contributed by atoms with Gasteiger partial charge in [0.2, 0.25) is 0 Å². The van der Waals surface area contributed by atoms with Crippen molar-refractivity contribution in [2.24, 2.45) is 4.99 Å². The lowest BCUT2D eigenvalue weighted by Crippen LogP contribution is -2.49. The summed E-state index contributed by atoms with van der Waals surface area (Å²) in [5.41, 5.74) is 3.73. The second kappa shape index (κ2) is 11.4. The van der Waals surface area contributed by atoms with E-state index in [4.69, 9.17) is 0 Å². The summed E-state index contributed by atoms with van der Waals surface area (Å²) >= 11 is 0. The highest BCUT2D eigenvalue weighted by molar-refractivity contribution is 14.0. The van der Waals surface area contributed by atoms with Gasteiger partial charge in [-0.2, -0.15) is 0 Å². The van der Waals surface area contributed by atoms with E-state index in [1.54, 1.807) is 0 Å². The summed E-state index contributed by atoms with van der Waals surface area (Å²) in [6.45, 7) is 9.33. The fraction of sp³-hybridized carbons (Fsp3) is 0.478. The maximum Gasteiger partial charge on any atom is 0.191 e. The van der Waals surface area contributed by atoms with Gasteiger partial charge in [0, 0.05) is 38.4 Å². The van der Waals surface area contributed by atoms with Crippen molar-refractivity contribution in [2.75, 3.05) is 31.6 Å². The van der Waals surface area contributed by atoms with E-state index in [0.29, 0.717) is 12.0 Å². The molecule has 2 aromatic rings. The maximum absolute atomic E-state index is 4.65. The number of pyridine rings is 1. The molecule has 5 nitrogen and oxygen atoms in total. The van der Waals surface area contributed by atoms with E-state index in [0.717, 1.165) is 49.9 Å². The quantitative estimate of drug-likeness (QED) is 0.361. The van der Waals surface area contributed by atoms with Gasteiger partial charge in [0.15, 0.2) is 5.96 Å². The van der Waals surface area contributed by atoms with Crippen molar-refractivity contribution >= 4 is 35.8 Å². The molecular weight excluding hydrogens is 473 g/mol. The minimum Gasteiger partial charge on any atom is -0.356 e. The molecule has 2 heterocycles. The number of nitrogens with one attached hydrogen (secondary N) is 2. The first kappa shape index (κ1) is 23.4. The van der Waals surface area contributed by atoms with Crippen LogP contribution >= 0.6 is 24.0 Å². The van der Waals surface area contributed by atoms with Crippen LogP contribution in [0.15, 0.2) is 47.5 Å². The molecule has 0 aliphatic carbocycles. The highest BCUT2D eigenvalue weighted by atomic mass is 127. The Bertz CT molecular complexity index is 782. The largest absolute Gasteiger partial charge is 0.356 e. The Hall–Kier alpha value is -1.83. The molecule has 2 N–H and O–H groups in total. The van der Waals surface area contributed by atoms with Gasteiger partial charge in [-0.1, -0.05) is 42.8 Å². The summed E-state index contributed by atoms with van der Waals surface area (Å²) in [6, 6.07) is 15.5. The van der Waals surface area contributed by atoms with Crippen LogP contribution in [0, 0.1) is 13.8 Å². The summed E-state index contributed by atoms with van der Waals surface area (Å²) in [5.74, 6) is 2.42. The first-order valence-corrected chi connectivity index (χ1v) is 10.3. The van der Waals surface area contributed by atoms with Crippen LogP contribution in [0.25, 0.3) is 0 Å². The molecule has 1 aromatic carbocycles. The van der Waals surface area contributed by atoms with E-state index < -0.39 is 0 Å². The molecule has 0 saturated carbocycles. The number of nitrogens with zero attached hydrogens (tertiary/aromatic N) is 3. The summed E-state index contributed by atoms with van der Waals surface area (Å²) in [6.07, 6.45) is 2.17. The van der Waals surface area contributed by atoms with Crippen molar-refractivity contribution < 1.29 is 0 Å². The topological polar surface area (TPSA) is 52.6 Å². The molecule has 3 rings (SSSR count). The van der Waals surface area contributed by atoms with Gasteiger partial charge in [-0.25, -0.2) is 4.98 Å². The lowest BCUT2D eigenvalue weighted by atomic mass is 10.00. The molecule has 1 atom stereocenters. The van der Waals surface area contributed by atoms with Gasteiger partial charge in [-0.3, -0.25) is 4.99 Å². The summed E-state index contributed by atoms with van der Waals surface area (Å²) in [7, 11) is 1.84. The SMILES string of the molecule is CN=C(NCC(C)c1ccc(C)cc1)NC1CCN(c2cccc(C)n2)CC1.I. The smallest absolute Gasteiger partial charge is 0.191 e. The van der Waals surface area contributed by atoms with Crippen molar-refractivity contribution in [1.82, 2.24) is 15.6 Å². The van der Waals surface area contributed by atoms with E-state index >= 15 is 0 Å². The number of anilines is 1. The van der Waals surface area contributed by atoms with Crippen LogP contribution in [0.1, 0.15) is 42.5 Å². The number of benzene rings is 1. The molecule has 1 aliphatic heterocycles. The lowest BCUT2D eigenvalue weighted by molar-refractivity contribution is 0.459. The van der Waals surface area contributed by atoms with Crippen molar-refractivity contribution in [3.05, 3.63) is 59.3 Å². The molecular formula is C23H34IN5. The third kappa shape index (κ3) is 6.87. The third-order valence-corrected chi connectivity index (χ3v) is 5.48. The zero-order valence-corrected chi connectivity index (χ0v) is 20.3. The highest BCUT2D eigenvalue weighted by Gasteiger charge is 2.21. The number of aliphatic imine (C=N–C) groups is 1. The average molecular weight is 507 g/mol. The zero-order chi connectivity index (χ0) is 19.9. The number of piperidine rings is 1. The molecule has 1 unspecified atom stereocenters. The summed E-state index contributed by atoms with van der Waals surface area (Å²) in [4.78, 5) is 11.4. The second-order valence-corrected chi connectivity index (χ2v) is 7.81. The normalized spacial score (nSPS) is 16.1. The van der Waals surface area contributed by atoms with Crippen LogP contribution < -0.4 is 15.5 Å². The minimum absolute atomic E-state index is 0. The number of rotatable bonds is 5. The first-order chi connectivity index (χ1) is 13.5. The number of aryl methyl sites for hydroxylation is 2. The van der Waals surface area contributed by atoms with Crippen LogP contribution in [-0.4, -0.2) is 43.7 Å². The molecule has 6 heteroatoms. The van der Waals surface area contributed by atoms with Crippen molar-refractivity contribution in [2.45, 2.75) is 45.6 Å². The van der Waals surface area contributed by atoms with Crippen LogP contribution in [0.2, 0.25) is 0 Å². The van der Waals surface area contributed by atoms with Gasteiger partial charge >= 0.3 is 0 Å². The average Bonchev–Trinajstić information content (AvgIpc) is 2.72. The van der Waals surface area contributed by atoms with Crippen LogP contribution in [0.3, 0.4) is 0 Å². The van der Waals surface area contributed by atoms with E-state index in [1.165, 1.54) is 11.1 Å². The van der Waals surface area contributed by atoms with Gasteiger partial charge in [-0.15, -0.1) is 24.0 Å². The van der Waals surface area contributed by atoms with Gasteiger partial charge in [0.25, 0.3) is 0 Å². The summed E-state index contributed by atoms with van der Waals surface area (Å²) < 4.78 is 0. The molecule has 29 heavy (non-hydrogen) atoms. The Morgan fingerprint density at radius 2 is 1.83 bits per heavy atom. The maximum atomic E-state index is 4.65. The number of hydrogen-bond donors (Lipinski definition) is 2. The van der Waals surface area contributed by atoms with Crippen LogP contribution in [0.5, 0.6) is 0 Å². The van der Waals surface area contributed by atoms with Crippen LogP contribution in [-0.2, 0) is 0 Å². The van der Waals surface area contributed by atoms with Crippen molar-refractivity contribution in [3.8, 4) is 0 Å². The molecule has 0 bridgehead atoms. The number of halogens is 1. The Kier molecular flexibility index (Phi) is 9.20. The van der Waals surface area contributed by atoms with Gasteiger partial charge in [-0.05, 0) is 50.3 Å². The summed E-state index contributed by atoms with van der Waals surface area (Å²) in [5, 5.41) is 7.09. The number of aromatic nitrogens is 1. The van der Waals surface area contributed by atoms with E-state index in [2.05, 4.69) is 75.8 Å². The van der Waals surface area contributed by atoms with E-state index in [9.17, 15) is 0 Å². The Balaban J connectivity index is 0.00000300. The van der Waals surface area contributed by atoms with Gasteiger partial charge < -0.3 is 15.5 Å². The zero-order valence-electron chi connectivity index (χ0n) is 18.0. The minimum atomic E-state index is 0. The Morgan fingerprint density at radius 3 is 2.45 bits per heavy atom. The van der Waals surface area contributed by atoms with Crippen molar-refractivity contribution in [3.63, 3.8) is 0 Å². The molecule has 1 fully saturated rings. The molecule has 158 valence electrons. The Morgan fingerprint density at radius 1 is 1.14 bits per heavy atom.